The Kier molecular flexibility index (Phi) is 4.02. The molecule has 6 heteroatoms. The predicted octanol–water partition coefficient (Wildman–Crippen LogP) is 5.30. The van der Waals surface area contributed by atoms with Crippen LogP contribution in [0.15, 0.2) is 10.2 Å². The third-order valence-electron chi connectivity index (χ3n) is 4.44. The number of nitrogens with zero attached hydrogens (tertiary/aromatic N) is 3. The van der Waals surface area contributed by atoms with Crippen LogP contribution in [0.1, 0.15) is 43.0 Å². The maximum Gasteiger partial charge on any atom is 0.189 e. The molecule has 120 valence electrons. The van der Waals surface area contributed by atoms with Gasteiger partial charge in [-0.2, -0.15) is 0 Å². The average Bonchev–Trinajstić information content (AvgIpc) is 3.16. The normalized spacial score (nSPS) is 14.3. The molecular weight excluding hydrogens is 342 g/mol. The highest BCUT2D eigenvalue weighted by molar-refractivity contribution is 7.99. The summed E-state index contributed by atoms with van der Waals surface area (Å²) in [5.41, 5.74) is 5.40. The quantitative estimate of drug-likeness (QED) is 0.360. The molecule has 3 heterocycles. The fourth-order valence-electron chi connectivity index (χ4n) is 3.46. The molecule has 0 fully saturated rings. The van der Waals surface area contributed by atoms with Crippen molar-refractivity contribution < 1.29 is 0 Å². The van der Waals surface area contributed by atoms with Gasteiger partial charge in [0.2, 0.25) is 0 Å². The molecule has 0 amide bonds. The zero-order chi connectivity index (χ0) is 16.1. The molecule has 3 aromatic rings. The lowest BCUT2D eigenvalue weighted by molar-refractivity contribution is 0.805. The molecule has 0 unspecified atom stereocenters. The van der Waals surface area contributed by atoms with Crippen molar-refractivity contribution >= 4 is 55.3 Å². The smallest absolute Gasteiger partial charge is 0.189 e. The number of aromatic nitrogens is 3. The van der Waals surface area contributed by atoms with Crippen LogP contribution in [0.2, 0.25) is 0 Å². The summed E-state index contributed by atoms with van der Waals surface area (Å²) in [4.78, 5) is 15.7. The molecule has 0 N–H and O–H groups in total. The second-order valence-corrected chi connectivity index (χ2v) is 8.71. The first-order chi connectivity index (χ1) is 11.1. The summed E-state index contributed by atoms with van der Waals surface area (Å²) in [6.07, 6.45) is 7.70. The fraction of sp³-hybridized carbons (Fsp3) is 0.471. The van der Waals surface area contributed by atoms with Crippen molar-refractivity contribution in [2.45, 2.75) is 49.2 Å². The van der Waals surface area contributed by atoms with E-state index in [0.29, 0.717) is 5.92 Å². The Morgan fingerprint density at radius 3 is 2.48 bits per heavy atom. The summed E-state index contributed by atoms with van der Waals surface area (Å²) in [6, 6.07) is 0. The summed E-state index contributed by atoms with van der Waals surface area (Å²) < 4.78 is 1.20. The standard InChI is InChI=1S/C17H19N3S3/c1-8(2)12-10-7-5-6-9(10)11-13-14(23-15(11)18-12)16(21-3)20-17(19-13)22-4/h8H,5-7H2,1-4H3. The maximum atomic E-state index is 5.05. The molecular formula is C17H19N3S3. The van der Waals surface area contributed by atoms with E-state index in [1.807, 2.05) is 6.26 Å². The van der Waals surface area contributed by atoms with Crippen LogP contribution in [0.3, 0.4) is 0 Å². The van der Waals surface area contributed by atoms with E-state index in [0.717, 1.165) is 27.0 Å². The van der Waals surface area contributed by atoms with Crippen LogP contribution in [-0.2, 0) is 12.8 Å². The van der Waals surface area contributed by atoms with E-state index in [2.05, 4.69) is 25.1 Å². The highest BCUT2D eigenvalue weighted by Gasteiger charge is 2.25. The van der Waals surface area contributed by atoms with Crippen molar-refractivity contribution in [1.82, 2.24) is 15.0 Å². The first kappa shape index (κ1) is 15.7. The molecule has 4 rings (SSSR count). The van der Waals surface area contributed by atoms with Crippen LogP contribution in [-0.4, -0.2) is 27.5 Å². The summed E-state index contributed by atoms with van der Waals surface area (Å²) in [6.45, 7) is 4.50. The van der Waals surface area contributed by atoms with E-state index in [1.165, 1.54) is 39.7 Å². The van der Waals surface area contributed by atoms with Gasteiger partial charge in [0, 0.05) is 11.1 Å². The molecule has 0 aromatic carbocycles. The molecule has 0 saturated carbocycles. The SMILES string of the molecule is CSc1nc(SC)c2sc3nc(C(C)C)c4c(c3c2n1)CCC4. The summed E-state index contributed by atoms with van der Waals surface area (Å²) in [5.74, 6) is 0.476. The van der Waals surface area contributed by atoms with Crippen LogP contribution >= 0.6 is 34.9 Å². The number of rotatable bonds is 3. The van der Waals surface area contributed by atoms with Gasteiger partial charge in [-0.25, -0.2) is 15.0 Å². The van der Waals surface area contributed by atoms with Gasteiger partial charge in [0.15, 0.2) is 5.16 Å². The minimum Gasteiger partial charge on any atom is -0.241 e. The lowest BCUT2D eigenvalue weighted by Crippen LogP contribution is -2.00. The zero-order valence-electron chi connectivity index (χ0n) is 13.8. The molecule has 0 spiro atoms. The monoisotopic (exact) mass is 361 g/mol. The summed E-state index contributed by atoms with van der Waals surface area (Å²) in [7, 11) is 0. The van der Waals surface area contributed by atoms with Gasteiger partial charge in [-0.3, -0.25) is 0 Å². The van der Waals surface area contributed by atoms with Crippen molar-refractivity contribution in [3.63, 3.8) is 0 Å². The molecule has 1 aliphatic carbocycles. The molecule has 0 saturated heterocycles. The van der Waals surface area contributed by atoms with Crippen LogP contribution in [0.4, 0.5) is 0 Å². The van der Waals surface area contributed by atoms with Gasteiger partial charge < -0.3 is 0 Å². The van der Waals surface area contributed by atoms with Crippen molar-refractivity contribution in [1.29, 1.82) is 0 Å². The second kappa shape index (κ2) is 5.90. The Morgan fingerprint density at radius 2 is 1.78 bits per heavy atom. The number of hydrogen-bond donors (Lipinski definition) is 0. The molecule has 3 nitrogen and oxygen atoms in total. The number of aryl methyl sites for hydroxylation is 1. The van der Waals surface area contributed by atoms with Crippen LogP contribution in [0.5, 0.6) is 0 Å². The molecule has 3 aromatic heterocycles. The number of pyridine rings is 1. The van der Waals surface area contributed by atoms with Gasteiger partial charge in [-0.1, -0.05) is 25.6 Å². The van der Waals surface area contributed by atoms with E-state index in [9.17, 15) is 0 Å². The summed E-state index contributed by atoms with van der Waals surface area (Å²) >= 11 is 5.08. The predicted molar refractivity (Wildman–Crippen MR) is 102 cm³/mol. The van der Waals surface area contributed by atoms with Crippen molar-refractivity contribution in [2.24, 2.45) is 0 Å². The lowest BCUT2D eigenvalue weighted by Gasteiger charge is -2.11. The third-order valence-corrected chi connectivity index (χ3v) is 6.88. The first-order valence-corrected chi connectivity index (χ1v) is 11.1. The zero-order valence-corrected chi connectivity index (χ0v) is 16.2. The topological polar surface area (TPSA) is 38.7 Å². The van der Waals surface area contributed by atoms with Gasteiger partial charge in [0.25, 0.3) is 0 Å². The molecule has 0 bridgehead atoms. The fourth-order valence-corrected chi connectivity index (χ4v) is 5.75. The van der Waals surface area contributed by atoms with Crippen molar-refractivity contribution in [3.8, 4) is 0 Å². The van der Waals surface area contributed by atoms with E-state index >= 15 is 0 Å². The number of fused-ring (bicyclic) bond motifs is 5. The van der Waals surface area contributed by atoms with Gasteiger partial charge in [-0.05, 0) is 48.8 Å². The molecule has 23 heavy (non-hydrogen) atoms. The van der Waals surface area contributed by atoms with Crippen LogP contribution in [0.25, 0.3) is 20.4 Å². The highest BCUT2D eigenvalue weighted by atomic mass is 32.2. The number of hydrogen-bond acceptors (Lipinski definition) is 6. The summed E-state index contributed by atoms with van der Waals surface area (Å²) in [5, 5.41) is 3.25. The number of thioether (sulfide) groups is 2. The van der Waals surface area contributed by atoms with Crippen LogP contribution in [0, 0.1) is 0 Å². The molecule has 1 aliphatic rings. The van der Waals surface area contributed by atoms with Gasteiger partial charge in [0.1, 0.15) is 9.86 Å². The van der Waals surface area contributed by atoms with E-state index in [1.54, 1.807) is 34.9 Å². The third kappa shape index (κ3) is 2.37. The lowest BCUT2D eigenvalue weighted by atomic mass is 9.99. The Labute approximate surface area is 148 Å². The van der Waals surface area contributed by atoms with E-state index < -0.39 is 0 Å². The Bertz CT molecular complexity index is 915. The van der Waals surface area contributed by atoms with Crippen molar-refractivity contribution in [2.75, 3.05) is 12.5 Å². The average molecular weight is 362 g/mol. The second-order valence-electron chi connectivity index (χ2n) is 6.14. The Morgan fingerprint density at radius 1 is 1.00 bits per heavy atom. The van der Waals surface area contributed by atoms with Crippen molar-refractivity contribution in [3.05, 3.63) is 16.8 Å². The molecule has 0 atom stereocenters. The maximum absolute atomic E-state index is 5.05. The molecule has 0 aliphatic heterocycles. The van der Waals surface area contributed by atoms with E-state index in [-0.39, 0.29) is 0 Å². The van der Waals surface area contributed by atoms with Gasteiger partial charge in [-0.15, -0.1) is 23.1 Å². The Hall–Kier alpha value is -0.850. The van der Waals surface area contributed by atoms with Crippen LogP contribution < -0.4 is 0 Å². The number of thiophene rings is 1. The van der Waals surface area contributed by atoms with E-state index in [4.69, 9.17) is 9.97 Å². The first-order valence-electron chi connectivity index (χ1n) is 7.88. The molecule has 0 radical (unpaired) electrons. The van der Waals surface area contributed by atoms with Gasteiger partial charge >= 0.3 is 0 Å². The minimum absolute atomic E-state index is 0.476. The largest absolute Gasteiger partial charge is 0.241 e. The Balaban J connectivity index is 2.15. The minimum atomic E-state index is 0.476. The van der Waals surface area contributed by atoms with Gasteiger partial charge in [0.05, 0.1) is 10.2 Å². The highest BCUT2D eigenvalue weighted by Crippen LogP contribution is 2.43.